The maximum atomic E-state index is 10.9. The topological polar surface area (TPSA) is 101 Å². The number of allylic oxidation sites excluding steroid dienone is 1. The van der Waals surface area contributed by atoms with Crippen LogP contribution in [-0.4, -0.2) is 16.5 Å². The van der Waals surface area contributed by atoms with Gasteiger partial charge in [-0.15, -0.1) is 11.3 Å². The van der Waals surface area contributed by atoms with Gasteiger partial charge in [-0.2, -0.15) is 5.26 Å². The molecule has 0 radical (unpaired) electrons. The predicted octanol–water partition coefficient (Wildman–Crippen LogP) is 5.09. The lowest BCUT2D eigenvalue weighted by Gasteiger charge is -2.03. The van der Waals surface area contributed by atoms with Crippen molar-refractivity contribution in [3.63, 3.8) is 0 Å². The smallest absolute Gasteiger partial charge is 0.271 e. The van der Waals surface area contributed by atoms with Crippen molar-refractivity contribution >= 4 is 28.3 Å². The average Bonchev–Trinajstić information content (AvgIpc) is 3.19. The summed E-state index contributed by atoms with van der Waals surface area (Å²) >= 11 is 1.35. The van der Waals surface area contributed by atoms with Gasteiger partial charge in [-0.05, 0) is 37.3 Å². The third-order valence-electron chi connectivity index (χ3n) is 3.76. The van der Waals surface area contributed by atoms with Crippen LogP contribution in [0.25, 0.3) is 16.8 Å². The molecule has 0 fully saturated rings. The Morgan fingerprint density at radius 2 is 2.14 bits per heavy atom. The molecule has 28 heavy (non-hydrogen) atoms. The molecular weight excluding hydrogens is 376 g/mol. The number of non-ortho nitro benzene ring substituents is 1. The van der Waals surface area contributed by atoms with Gasteiger partial charge < -0.3 is 10.1 Å². The van der Waals surface area contributed by atoms with Gasteiger partial charge in [-0.1, -0.05) is 6.07 Å². The van der Waals surface area contributed by atoms with Gasteiger partial charge in [0.2, 0.25) is 0 Å². The van der Waals surface area contributed by atoms with E-state index < -0.39 is 4.92 Å². The van der Waals surface area contributed by atoms with Crippen molar-refractivity contribution in [2.45, 2.75) is 6.92 Å². The van der Waals surface area contributed by atoms with Crippen LogP contribution in [0, 0.1) is 21.4 Å². The molecular formula is C20H16N4O3S. The fourth-order valence-corrected chi connectivity index (χ4v) is 3.22. The molecule has 3 rings (SSSR count). The molecule has 0 spiro atoms. The number of nitrogens with one attached hydrogen (secondary N) is 1. The van der Waals surface area contributed by atoms with Crippen molar-refractivity contribution < 1.29 is 9.66 Å². The molecule has 0 aliphatic heterocycles. The van der Waals surface area contributed by atoms with E-state index in [1.54, 1.807) is 12.1 Å². The molecule has 3 aromatic rings. The Balaban J connectivity index is 1.78. The number of nitro groups is 1. The highest BCUT2D eigenvalue weighted by atomic mass is 32.1. The largest absolute Gasteiger partial charge is 0.494 e. The van der Waals surface area contributed by atoms with Crippen LogP contribution in [0.3, 0.4) is 0 Å². The third-order valence-corrected chi connectivity index (χ3v) is 4.63. The van der Waals surface area contributed by atoms with Gasteiger partial charge >= 0.3 is 0 Å². The minimum atomic E-state index is -0.468. The highest BCUT2D eigenvalue weighted by Gasteiger charge is 2.10. The molecule has 7 nitrogen and oxygen atoms in total. The highest BCUT2D eigenvalue weighted by Crippen LogP contribution is 2.27. The van der Waals surface area contributed by atoms with E-state index in [4.69, 9.17) is 4.74 Å². The van der Waals surface area contributed by atoms with Crippen LogP contribution in [0.5, 0.6) is 5.75 Å². The maximum absolute atomic E-state index is 10.9. The normalized spacial score (nSPS) is 10.9. The Hall–Kier alpha value is -3.70. The summed E-state index contributed by atoms with van der Waals surface area (Å²) in [5.41, 5.74) is 2.53. The van der Waals surface area contributed by atoms with Crippen LogP contribution in [0.1, 0.15) is 11.9 Å². The van der Waals surface area contributed by atoms with E-state index in [-0.39, 0.29) is 5.69 Å². The van der Waals surface area contributed by atoms with Crippen LogP contribution < -0.4 is 10.1 Å². The number of hydrogen-bond donors (Lipinski definition) is 1. The van der Waals surface area contributed by atoms with Crippen molar-refractivity contribution in [2.24, 2.45) is 0 Å². The summed E-state index contributed by atoms with van der Waals surface area (Å²) in [6, 6.07) is 15.8. The summed E-state index contributed by atoms with van der Waals surface area (Å²) in [4.78, 5) is 14.9. The second kappa shape index (κ2) is 8.79. The summed E-state index contributed by atoms with van der Waals surface area (Å²) in [6.07, 6.45) is 1.50. The molecule has 0 saturated carbocycles. The van der Waals surface area contributed by atoms with E-state index in [9.17, 15) is 15.4 Å². The monoisotopic (exact) mass is 392 g/mol. The number of nitrogens with zero attached hydrogens (tertiary/aromatic N) is 3. The lowest BCUT2D eigenvalue weighted by Crippen LogP contribution is -1.93. The van der Waals surface area contributed by atoms with Crippen LogP contribution in [0.15, 0.2) is 60.1 Å². The van der Waals surface area contributed by atoms with Gasteiger partial charge in [0.1, 0.15) is 22.4 Å². The van der Waals surface area contributed by atoms with Crippen LogP contribution >= 0.6 is 11.3 Å². The SMILES string of the molecule is CCOc1ccc(-c2csc(/C(C#N)=C/Nc3cccc([N+](=O)[O-])c3)n2)cc1. The summed E-state index contributed by atoms with van der Waals surface area (Å²) in [7, 11) is 0. The number of ether oxygens (including phenoxy) is 1. The zero-order valence-corrected chi connectivity index (χ0v) is 15.8. The Bertz CT molecular complexity index is 1050. The van der Waals surface area contributed by atoms with Crippen LogP contribution in [0.2, 0.25) is 0 Å². The first-order valence-corrected chi connectivity index (χ1v) is 9.29. The van der Waals surface area contributed by atoms with Gasteiger partial charge in [0.15, 0.2) is 0 Å². The fraction of sp³-hybridized carbons (Fsp3) is 0.100. The second-order valence-electron chi connectivity index (χ2n) is 5.62. The predicted molar refractivity (Wildman–Crippen MR) is 109 cm³/mol. The summed E-state index contributed by atoms with van der Waals surface area (Å²) in [5, 5.41) is 25.7. The second-order valence-corrected chi connectivity index (χ2v) is 6.47. The molecule has 0 aliphatic carbocycles. The number of rotatable bonds is 7. The molecule has 140 valence electrons. The number of thiazole rings is 1. The van der Waals surface area contributed by atoms with Crippen molar-refractivity contribution in [1.82, 2.24) is 4.98 Å². The van der Waals surface area contributed by atoms with Crippen molar-refractivity contribution in [2.75, 3.05) is 11.9 Å². The quantitative estimate of drug-likeness (QED) is 0.341. The van der Waals surface area contributed by atoms with Gasteiger partial charge in [-0.25, -0.2) is 4.98 Å². The zero-order valence-electron chi connectivity index (χ0n) is 15.0. The van der Waals surface area contributed by atoms with Crippen LogP contribution in [-0.2, 0) is 0 Å². The van der Waals surface area contributed by atoms with Crippen molar-refractivity contribution in [1.29, 1.82) is 5.26 Å². The standard InChI is InChI=1S/C20H16N4O3S/c1-2-27-18-8-6-14(7-9-18)19-13-28-20(23-19)15(11-21)12-22-16-4-3-5-17(10-16)24(25)26/h3-10,12-13,22H,2H2,1H3/b15-12+. The maximum Gasteiger partial charge on any atom is 0.271 e. The number of anilines is 1. The first kappa shape index (κ1) is 19.1. The van der Waals surface area contributed by atoms with Gasteiger partial charge in [0, 0.05) is 35.0 Å². The summed E-state index contributed by atoms with van der Waals surface area (Å²) in [5.74, 6) is 0.792. The summed E-state index contributed by atoms with van der Waals surface area (Å²) in [6.45, 7) is 2.53. The van der Waals surface area contributed by atoms with Gasteiger partial charge in [-0.3, -0.25) is 10.1 Å². The van der Waals surface area contributed by atoms with E-state index in [2.05, 4.69) is 16.4 Å². The number of nitriles is 1. The number of hydrogen-bond acceptors (Lipinski definition) is 7. The van der Waals surface area contributed by atoms with Gasteiger partial charge in [0.05, 0.1) is 17.2 Å². The fourth-order valence-electron chi connectivity index (χ4n) is 2.43. The molecule has 1 N–H and O–H groups in total. The van der Waals surface area contributed by atoms with E-state index in [0.29, 0.717) is 22.9 Å². The molecule has 0 atom stereocenters. The minimum absolute atomic E-state index is 0.0241. The molecule has 0 aliphatic rings. The molecule has 8 heteroatoms. The minimum Gasteiger partial charge on any atom is -0.494 e. The molecule has 2 aromatic carbocycles. The first-order chi connectivity index (χ1) is 13.6. The van der Waals surface area contributed by atoms with E-state index >= 15 is 0 Å². The molecule has 0 bridgehead atoms. The Labute approximate surface area is 165 Å². The molecule has 0 saturated heterocycles. The number of nitro benzene ring substituents is 1. The number of aromatic nitrogens is 1. The summed E-state index contributed by atoms with van der Waals surface area (Å²) < 4.78 is 5.43. The molecule has 0 amide bonds. The Kier molecular flexibility index (Phi) is 5.99. The molecule has 1 heterocycles. The third kappa shape index (κ3) is 4.52. The molecule has 0 unspecified atom stereocenters. The Morgan fingerprint density at radius 1 is 1.36 bits per heavy atom. The zero-order chi connectivity index (χ0) is 19.9. The molecule has 1 aromatic heterocycles. The van der Waals surface area contributed by atoms with Crippen molar-refractivity contribution in [3.8, 4) is 23.1 Å². The van der Waals surface area contributed by atoms with Crippen molar-refractivity contribution in [3.05, 3.63) is 75.2 Å². The van der Waals surface area contributed by atoms with E-state index in [1.807, 2.05) is 36.6 Å². The lowest BCUT2D eigenvalue weighted by atomic mass is 10.2. The van der Waals surface area contributed by atoms with E-state index in [0.717, 1.165) is 17.0 Å². The number of benzene rings is 2. The first-order valence-electron chi connectivity index (χ1n) is 8.41. The lowest BCUT2D eigenvalue weighted by molar-refractivity contribution is -0.384. The Morgan fingerprint density at radius 3 is 2.82 bits per heavy atom. The van der Waals surface area contributed by atoms with Crippen LogP contribution in [0.4, 0.5) is 11.4 Å². The van der Waals surface area contributed by atoms with E-state index in [1.165, 1.54) is 29.7 Å². The highest BCUT2D eigenvalue weighted by molar-refractivity contribution is 7.11. The average molecular weight is 392 g/mol. The van der Waals surface area contributed by atoms with Gasteiger partial charge in [0.25, 0.3) is 5.69 Å².